The lowest BCUT2D eigenvalue weighted by Crippen LogP contribution is -2.42. The van der Waals surface area contributed by atoms with Crippen LogP contribution in [0.2, 0.25) is 0 Å². The largest absolute Gasteiger partial charge is 0.404 e. The average molecular weight is 490 g/mol. The van der Waals surface area contributed by atoms with Gasteiger partial charge in [0, 0.05) is 29.5 Å². The van der Waals surface area contributed by atoms with Gasteiger partial charge < -0.3 is 4.98 Å². The molecule has 3 N–H and O–H groups in total. The number of benzene rings is 1. The molecule has 4 rings (SSSR count). The zero-order valence-corrected chi connectivity index (χ0v) is 18.3. The number of aromatic nitrogens is 4. The van der Waals surface area contributed by atoms with Crippen LogP contribution in [0.3, 0.4) is 0 Å². The van der Waals surface area contributed by atoms with Gasteiger partial charge in [-0.2, -0.15) is 17.9 Å². The van der Waals surface area contributed by atoms with Crippen molar-refractivity contribution in [3.8, 4) is 11.4 Å². The first kappa shape index (κ1) is 23.3. The van der Waals surface area contributed by atoms with E-state index in [1.807, 2.05) is 0 Å². The van der Waals surface area contributed by atoms with Gasteiger partial charge in [-0.05, 0) is 31.2 Å². The number of carbonyl (C=O) groups excluding carboxylic acids is 1. The first-order chi connectivity index (χ1) is 16.1. The van der Waals surface area contributed by atoms with Crippen LogP contribution in [0.15, 0.2) is 66.0 Å². The highest BCUT2D eigenvalue weighted by Gasteiger charge is 2.39. The molecule has 1 amide bonds. The summed E-state index contributed by atoms with van der Waals surface area (Å²) in [5.41, 5.74) is 1.33. The molecule has 0 radical (unpaired) electrons. The third-order valence-corrected chi connectivity index (χ3v) is 6.38. The lowest BCUT2D eigenvalue weighted by molar-refractivity contribution is -0.147. The maximum atomic E-state index is 13.1. The average Bonchev–Trinajstić information content (AvgIpc) is 3.19. The number of H-pyrrole nitrogens is 1. The van der Waals surface area contributed by atoms with Crippen LogP contribution in [-0.2, 0) is 10.0 Å². The van der Waals surface area contributed by atoms with Crippen molar-refractivity contribution in [3.05, 3.63) is 66.6 Å². The van der Waals surface area contributed by atoms with Gasteiger partial charge in [0.2, 0.25) is 16.0 Å². The number of anilines is 1. The standard InChI is InChI=1S/C21H17F3N6O3S/c1-12(21(22,23)24)30-34(32,33)13-7-8-16(27-11-13)18-17(14-5-2-3-6-15(14)28-18)19(31)29-20-25-9-4-10-26-20/h2-12,28,30H,1H3,(H,25,26,29,31)/t12-/m0/s1. The Labute approximate surface area is 191 Å². The molecule has 4 aromatic rings. The van der Waals surface area contributed by atoms with Crippen LogP contribution in [0, 0.1) is 0 Å². The Morgan fingerprint density at radius 3 is 2.38 bits per heavy atom. The fourth-order valence-electron chi connectivity index (χ4n) is 3.15. The predicted molar refractivity (Wildman–Crippen MR) is 117 cm³/mol. The van der Waals surface area contributed by atoms with E-state index in [0.717, 1.165) is 12.3 Å². The van der Waals surface area contributed by atoms with E-state index in [1.54, 1.807) is 35.1 Å². The Hall–Kier alpha value is -3.84. The van der Waals surface area contributed by atoms with Gasteiger partial charge >= 0.3 is 6.18 Å². The van der Waals surface area contributed by atoms with Gasteiger partial charge in [-0.25, -0.2) is 18.4 Å². The summed E-state index contributed by atoms with van der Waals surface area (Å²) in [6.07, 6.45) is -0.885. The molecule has 1 aromatic carbocycles. The van der Waals surface area contributed by atoms with Gasteiger partial charge in [0.15, 0.2) is 0 Å². The van der Waals surface area contributed by atoms with Gasteiger partial charge in [0.1, 0.15) is 10.9 Å². The molecule has 0 aliphatic rings. The van der Waals surface area contributed by atoms with Crippen LogP contribution >= 0.6 is 0 Å². The second-order valence-corrected chi connectivity index (χ2v) is 8.92. The molecule has 0 bridgehead atoms. The van der Waals surface area contributed by atoms with Crippen molar-refractivity contribution >= 4 is 32.8 Å². The maximum absolute atomic E-state index is 13.1. The zero-order valence-electron chi connectivity index (χ0n) is 17.5. The molecule has 0 aliphatic carbocycles. The number of halogens is 3. The topological polar surface area (TPSA) is 130 Å². The minimum Gasteiger partial charge on any atom is -0.353 e. The summed E-state index contributed by atoms with van der Waals surface area (Å²) in [6.45, 7) is 0.700. The molecule has 0 saturated heterocycles. The molecular formula is C21H17F3N6O3S. The van der Waals surface area contributed by atoms with E-state index in [2.05, 4.69) is 25.3 Å². The number of nitrogens with one attached hydrogen (secondary N) is 3. The zero-order chi connectivity index (χ0) is 24.5. The monoisotopic (exact) mass is 490 g/mol. The maximum Gasteiger partial charge on any atom is 0.404 e. The first-order valence-corrected chi connectivity index (χ1v) is 11.3. The van der Waals surface area contributed by atoms with E-state index in [0.29, 0.717) is 17.8 Å². The summed E-state index contributed by atoms with van der Waals surface area (Å²) in [7, 11) is -4.47. The minimum absolute atomic E-state index is 0.0861. The molecule has 0 aliphatic heterocycles. The van der Waals surface area contributed by atoms with E-state index < -0.39 is 33.0 Å². The van der Waals surface area contributed by atoms with Gasteiger partial charge in [-0.3, -0.25) is 15.1 Å². The van der Waals surface area contributed by atoms with Crippen LogP contribution in [0.5, 0.6) is 0 Å². The molecule has 1 atom stereocenters. The second kappa shape index (κ2) is 8.83. The van der Waals surface area contributed by atoms with Crippen LogP contribution in [0.4, 0.5) is 19.1 Å². The van der Waals surface area contributed by atoms with Gasteiger partial charge in [-0.15, -0.1) is 0 Å². The number of carbonyl (C=O) groups is 1. The molecule has 3 aromatic heterocycles. The number of aromatic amines is 1. The Morgan fingerprint density at radius 1 is 1.03 bits per heavy atom. The van der Waals surface area contributed by atoms with Crippen LogP contribution < -0.4 is 10.0 Å². The number of pyridine rings is 1. The van der Waals surface area contributed by atoms with Crippen molar-refractivity contribution in [2.75, 3.05) is 5.32 Å². The molecular weight excluding hydrogens is 473 g/mol. The summed E-state index contributed by atoms with van der Waals surface area (Å²) in [6, 6.07) is 8.70. The lowest BCUT2D eigenvalue weighted by atomic mass is 10.1. The van der Waals surface area contributed by atoms with Crippen molar-refractivity contribution in [1.29, 1.82) is 0 Å². The number of sulfonamides is 1. The van der Waals surface area contributed by atoms with Crippen LogP contribution in [0.25, 0.3) is 22.3 Å². The van der Waals surface area contributed by atoms with Crippen molar-refractivity contribution < 1.29 is 26.4 Å². The molecule has 34 heavy (non-hydrogen) atoms. The number of hydrogen-bond acceptors (Lipinski definition) is 6. The fraction of sp³-hybridized carbons (Fsp3) is 0.143. The second-order valence-electron chi connectivity index (χ2n) is 7.21. The Kier molecular flexibility index (Phi) is 6.06. The van der Waals surface area contributed by atoms with Gasteiger partial charge in [0.05, 0.1) is 17.0 Å². The Bertz CT molecular complexity index is 1440. The van der Waals surface area contributed by atoms with Gasteiger partial charge in [0.25, 0.3) is 5.91 Å². The Balaban J connectivity index is 1.70. The number of para-hydroxylation sites is 1. The predicted octanol–water partition coefficient (Wildman–Crippen LogP) is 3.50. The molecule has 9 nitrogen and oxygen atoms in total. The normalized spacial score (nSPS) is 13.1. The van der Waals surface area contributed by atoms with Crippen LogP contribution in [-0.4, -0.2) is 46.5 Å². The lowest BCUT2D eigenvalue weighted by Gasteiger charge is -2.17. The number of nitrogens with zero attached hydrogens (tertiary/aromatic N) is 3. The van der Waals surface area contributed by atoms with Crippen LogP contribution in [0.1, 0.15) is 17.3 Å². The molecule has 176 valence electrons. The summed E-state index contributed by atoms with van der Waals surface area (Å²) >= 11 is 0. The molecule has 3 heterocycles. The molecule has 0 unspecified atom stereocenters. The molecule has 0 spiro atoms. The molecule has 13 heteroatoms. The van der Waals surface area contributed by atoms with Crippen molar-refractivity contribution in [2.24, 2.45) is 0 Å². The van der Waals surface area contributed by atoms with E-state index in [-0.39, 0.29) is 22.9 Å². The number of alkyl halides is 3. The third kappa shape index (κ3) is 4.75. The van der Waals surface area contributed by atoms with E-state index >= 15 is 0 Å². The van der Waals surface area contributed by atoms with E-state index in [9.17, 15) is 26.4 Å². The summed E-state index contributed by atoms with van der Waals surface area (Å²) < 4.78 is 64.5. The van der Waals surface area contributed by atoms with Crippen molar-refractivity contribution in [2.45, 2.75) is 24.0 Å². The fourth-order valence-corrected chi connectivity index (χ4v) is 4.33. The third-order valence-electron chi connectivity index (χ3n) is 4.85. The minimum atomic E-state index is -4.74. The van der Waals surface area contributed by atoms with Gasteiger partial charge in [-0.1, -0.05) is 18.2 Å². The number of rotatable bonds is 6. The summed E-state index contributed by atoms with van der Waals surface area (Å²) in [5.74, 6) is -0.444. The molecule has 0 saturated carbocycles. The van der Waals surface area contributed by atoms with E-state index in [1.165, 1.54) is 18.5 Å². The highest BCUT2D eigenvalue weighted by Crippen LogP contribution is 2.30. The smallest absolute Gasteiger partial charge is 0.353 e. The summed E-state index contributed by atoms with van der Waals surface area (Å²) in [5, 5.41) is 3.17. The number of hydrogen-bond donors (Lipinski definition) is 3. The summed E-state index contributed by atoms with van der Waals surface area (Å²) in [4.78, 5) is 27.7. The number of fused-ring (bicyclic) bond motifs is 1. The first-order valence-electron chi connectivity index (χ1n) is 9.81. The number of amides is 1. The SMILES string of the molecule is C[C@H](NS(=O)(=O)c1ccc(-c2[nH]c3ccccc3c2C(=O)Nc2ncccn2)nc1)C(F)(F)F. The van der Waals surface area contributed by atoms with Crippen molar-refractivity contribution in [1.82, 2.24) is 24.7 Å². The molecule has 0 fully saturated rings. The highest BCUT2D eigenvalue weighted by molar-refractivity contribution is 7.89. The van der Waals surface area contributed by atoms with E-state index in [4.69, 9.17) is 0 Å². The quantitative estimate of drug-likeness (QED) is 0.379. The van der Waals surface area contributed by atoms with Crippen molar-refractivity contribution in [3.63, 3.8) is 0 Å². The Morgan fingerprint density at radius 2 is 1.74 bits per heavy atom. The highest BCUT2D eigenvalue weighted by atomic mass is 32.2.